The van der Waals surface area contributed by atoms with Crippen molar-refractivity contribution in [1.82, 2.24) is 24.4 Å². The minimum absolute atomic E-state index is 0.471. The first kappa shape index (κ1) is 23.7. The van der Waals surface area contributed by atoms with Crippen LogP contribution in [0.25, 0.3) is 38.8 Å². The molecule has 3 heterocycles. The Balaban J connectivity index is 1.25. The summed E-state index contributed by atoms with van der Waals surface area (Å²) < 4.78 is 3.94. The minimum Gasteiger partial charge on any atom is -0.382 e. The van der Waals surface area contributed by atoms with E-state index in [1.807, 2.05) is 15.3 Å². The maximum atomic E-state index is 6.44. The van der Waals surface area contributed by atoms with Crippen molar-refractivity contribution in [3.63, 3.8) is 0 Å². The normalized spacial score (nSPS) is 14.1. The first-order valence-corrected chi connectivity index (χ1v) is 13.9. The summed E-state index contributed by atoms with van der Waals surface area (Å²) in [6.07, 6.45) is 11.6. The lowest BCUT2D eigenvalue weighted by Gasteiger charge is -2.10. The molecule has 0 spiro atoms. The van der Waals surface area contributed by atoms with Crippen LogP contribution in [0.1, 0.15) is 43.2 Å². The van der Waals surface area contributed by atoms with E-state index in [0.29, 0.717) is 5.82 Å². The summed E-state index contributed by atoms with van der Waals surface area (Å²) in [5.74, 6) is 1.35. The molecule has 0 saturated heterocycles. The second kappa shape index (κ2) is 10.0. The SMILES string of the molecule is Nc1ncnn2c(-c3cccc(CCC4CCCC4)c3)cc(-c3ccc4cn(Cc5ccccc5)nc4c3)c12. The monoisotopic (exact) mass is 512 g/mol. The topological polar surface area (TPSA) is 74.0 Å². The van der Waals surface area contributed by atoms with Crippen LogP contribution < -0.4 is 5.73 Å². The van der Waals surface area contributed by atoms with Gasteiger partial charge in [-0.1, -0.05) is 86.3 Å². The van der Waals surface area contributed by atoms with Gasteiger partial charge in [-0.2, -0.15) is 10.2 Å². The van der Waals surface area contributed by atoms with Crippen LogP contribution in [0.3, 0.4) is 0 Å². The maximum absolute atomic E-state index is 6.44. The molecule has 1 fully saturated rings. The molecule has 2 N–H and O–H groups in total. The molecule has 0 radical (unpaired) electrons. The molecule has 1 saturated carbocycles. The number of nitrogens with zero attached hydrogens (tertiary/aromatic N) is 5. The Morgan fingerprint density at radius 1 is 0.846 bits per heavy atom. The lowest BCUT2D eigenvalue weighted by Crippen LogP contribution is -2.01. The first-order chi connectivity index (χ1) is 19.2. The lowest BCUT2D eigenvalue weighted by atomic mass is 9.97. The Hall–Kier alpha value is -4.45. The van der Waals surface area contributed by atoms with Crippen molar-refractivity contribution in [3.05, 3.63) is 103 Å². The third kappa shape index (κ3) is 4.67. The quantitative estimate of drug-likeness (QED) is 0.246. The largest absolute Gasteiger partial charge is 0.382 e. The molecule has 0 unspecified atom stereocenters. The summed E-state index contributed by atoms with van der Waals surface area (Å²) in [5.41, 5.74) is 15.1. The Bertz CT molecular complexity index is 1760. The van der Waals surface area contributed by atoms with Gasteiger partial charge in [-0.15, -0.1) is 0 Å². The fourth-order valence-electron chi connectivity index (χ4n) is 6.14. The predicted octanol–water partition coefficient (Wildman–Crippen LogP) is 7.17. The van der Waals surface area contributed by atoms with Gasteiger partial charge in [-0.3, -0.25) is 4.68 Å². The van der Waals surface area contributed by atoms with Gasteiger partial charge in [-0.05, 0) is 53.6 Å². The molecule has 1 aliphatic carbocycles. The average Bonchev–Trinajstić information content (AvgIpc) is 3.71. The van der Waals surface area contributed by atoms with E-state index >= 15 is 0 Å². The highest BCUT2D eigenvalue weighted by atomic mass is 15.3. The van der Waals surface area contributed by atoms with Crippen molar-refractivity contribution >= 4 is 22.2 Å². The number of hydrogen-bond donors (Lipinski definition) is 1. The summed E-state index contributed by atoms with van der Waals surface area (Å²) in [5, 5.41) is 10.6. The van der Waals surface area contributed by atoms with E-state index in [9.17, 15) is 0 Å². The van der Waals surface area contributed by atoms with Crippen molar-refractivity contribution < 1.29 is 0 Å². The number of nitrogen functional groups attached to an aromatic ring is 1. The highest BCUT2D eigenvalue weighted by molar-refractivity contribution is 5.95. The number of hydrogen-bond acceptors (Lipinski definition) is 4. The zero-order valence-electron chi connectivity index (χ0n) is 22.0. The number of rotatable bonds is 7. The predicted molar refractivity (Wildman–Crippen MR) is 157 cm³/mol. The molecule has 6 aromatic rings. The Morgan fingerprint density at radius 2 is 1.69 bits per heavy atom. The molecule has 3 aromatic heterocycles. The summed E-state index contributed by atoms with van der Waals surface area (Å²) in [6.45, 7) is 0.738. The fourth-order valence-corrected chi connectivity index (χ4v) is 6.14. The van der Waals surface area contributed by atoms with Crippen LogP contribution in [0, 0.1) is 5.92 Å². The molecular weight excluding hydrogens is 480 g/mol. The second-order valence-electron chi connectivity index (χ2n) is 10.8. The van der Waals surface area contributed by atoms with E-state index in [-0.39, 0.29) is 0 Å². The fraction of sp³-hybridized carbons (Fsp3) is 0.242. The zero-order valence-corrected chi connectivity index (χ0v) is 22.0. The molecule has 6 heteroatoms. The van der Waals surface area contributed by atoms with Crippen molar-refractivity contribution in [2.45, 2.75) is 45.1 Å². The van der Waals surface area contributed by atoms with Crippen LogP contribution >= 0.6 is 0 Å². The van der Waals surface area contributed by atoms with Crippen LogP contribution in [0.4, 0.5) is 5.82 Å². The summed E-state index contributed by atoms with van der Waals surface area (Å²) in [7, 11) is 0. The standard InChI is InChI=1S/C33H32N6/c34-33-32-29(26-15-16-28-21-38(37-30(28)18-26)20-25-9-2-1-3-10-25)19-31(39(32)36-22-35-33)27-12-6-11-24(17-27)14-13-23-7-4-5-8-23/h1-3,6,9-12,15-19,21-23H,4-5,7-8,13-14,20H2,(H2,34,35,36). The molecule has 1 aliphatic rings. The number of fused-ring (bicyclic) bond motifs is 2. The van der Waals surface area contributed by atoms with Crippen LogP contribution in [0.5, 0.6) is 0 Å². The van der Waals surface area contributed by atoms with Gasteiger partial charge in [-0.25, -0.2) is 9.50 Å². The van der Waals surface area contributed by atoms with Gasteiger partial charge < -0.3 is 5.73 Å². The van der Waals surface area contributed by atoms with Crippen LogP contribution in [-0.4, -0.2) is 24.4 Å². The number of aromatic nitrogens is 5. The smallest absolute Gasteiger partial charge is 0.152 e. The Labute approximate surface area is 228 Å². The van der Waals surface area contributed by atoms with Gasteiger partial charge in [0.2, 0.25) is 0 Å². The van der Waals surface area contributed by atoms with Crippen molar-refractivity contribution in [2.24, 2.45) is 5.92 Å². The average molecular weight is 513 g/mol. The number of anilines is 1. The molecule has 0 atom stereocenters. The Morgan fingerprint density at radius 3 is 2.56 bits per heavy atom. The minimum atomic E-state index is 0.471. The molecule has 6 nitrogen and oxygen atoms in total. The lowest BCUT2D eigenvalue weighted by molar-refractivity contribution is 0.504. The molecule has 3 aromatic carbocycles. The number of nitrogens with two attached hydrogens (primary N) is 1. The summed E-state index contributed by atoms with van der Waals surface area (Å²) >= 11 is 0. The second-order valence-corrected chi connectivity index (χ2v) is 10.8. The van der Waals surface area contributed by atoms with Crippen molar-refractivity contribution in [3.8, 4) is 22.4 Å². The van der Waals surface area contributed by atoms with Crippen molar-refractivity contribution in [2.75, 3.05) is 5.73 Å². The van der Waals surface area contributed by atoms with Gasteiger partial charge in [0.1, 0.15) is 11.8 Å². The number of aryl methyl sites for hydroxylation is 1. The van der Waals surface area contributed by atoms with Gasteiger partial charge in [0.15, 0.2) is 5.82 Å². The number of benzene rings is 3. The Kier molecular flexibility index (Phi) is 6.08. The highest BCUT2D eigenvalue weighted by Crippen LogP contribution is 2.36. The van der Waals surface area contributed by atoms with Crippen LogP contribution in [-0.2, 0) is 13.0 Å². The van der Waals surface area contributed by atoms with Gasteiger partial charge >= 0.3 is 0 Å². The van der Waals surface area contributed by atoms with E-state index in [4.69, 9.17) is 10.8 Å². The third-order valence-electron chi connectivity index (χ3n) is 8.17. The van der Waals surface area contributed by atoms with E-state index < -0.39 is 0 Å². The van der Waals surface area contributed by atoms with Gasteiger partial charge in [0.25, 0.3) is 0 Å². The zero-order chi connectivity index (χ0) is 26.2. The van der Waals surface area contributed by atoms with E-state index in [1.54, 1.807) is 0 Å². The van der Waals surface area contributed by atoms with Crippen LogP contribution in [0.15, 0.2) is 91.4 Å². The summed E-state index contributed by atoms with van der Waals surface area (Å²) in [6, 6.07) is 27.9. The molecule has 7 rings (SSSR count). The molecule has 39 heavy (non-hydrogen) atoms. The third-order valence-corrected chi connectivity index (χ3v) is 8.17. The van der Waals surface area contributed by atoms with Crippen LogP contribution in [0.2, 0.25) is 0 Å². The van der Waals surface area contributed by atoms with Crippen molar-refractivity contribution in [1.29, 1.82) is 0 Å². The van der Waals surface area contributed by atoms with E-state index in [0.717, 1.165) is 57.7 Å². The van der Waals surface area contributed by atoms with E-state index in [2.05, 4.69) is 89.1 Å². The first-order valence-electron chi connectivity index (χ1n) is 13.9. The maximum Gasteiger partial charge on any atom is 0.152 e. The molecular formula is C33H32N6. The molecule has 194 valence electrons. The van der Waals surface area contributed by atoms with Gasteiger partial charge in [0.05, 0.1) is 17.8 Å². The van der Waals surface area contributed by atoms with E-state index in [1.165, 1.54) is 49.6 Å². The molecule has 0 bridgehead atoms. The van der Waals surface area contributed by atoms with Gasteiger partial charge in [0, 0.05) is 22.7 Å². The summed E-state index contributed by atoms with van der Waals surface area (Å²) in [4.78, 5) is 4.33. The molecule has 0 amide bonds. The highest BCUT2D eigenvalue weighted by Gasteiger charge is 2.18. The molecule has 0 aliphatic heterocycles.